The lowest BCUT2D eigenvalue weighted by Gasteiger charge is -2.23. The Balaban J connectivity index is 1.63. The number of sulfonamides is 1. The molecule has 0 aromatic heterocycles. The number of amides is 1. The van der Waals surface area contributed by atoms with Crippen LogP contribution in [0.3, 0.4) is 0 Å². The van der Waals surface area contributed by atoms with Gasteiger partial charge in [-0.2, -0.15) is 0 Å². The molecule has 0 unspecified atom stereocenters. The zero-order valence-electron chi connectivity index (χ0n) is 15.9. The summed E-state index contributed by atoms with van der Waals surface area (Å²) in [5, 5.41) is 0. The molecule has 0 aliphatic carbocycles. The second-order valence-corrected chi connectivity index (χ2v) is 8.79. The summed E-state index contributed by atoms with van der Waals surface area (Å²) in [6.45, 7) is 3.06. The molecule has 0 spiro atoms. The number of carbonyl (C=O) groups is 1. The van der Waals surface area contributed by atoms with Crippen LogP contribution in [-0.2, 0) is 27.7 Å². The van der Waals surface area contributed by atoms with Gasteiger partial charge in [-0.15, -0.1) is 0 Å². The average molecular weight is 387 g/mol. The number of anilines is 2. The van der Waals surface area contributed by atoms with E-state index < -0.39 is 10.0 Å². The van der Waals surface area contributed by atoms with E-state index in [9.17, 15) is 13.2 Å². The van der Waals surface area contributed by atoms with Crippen LogP contribution in [0.4, 0.5) is 11.4 Å². The molecule has 5 nitrogen and oxygen atoms in total. The Morgan fingerprint density at radius 2 is 1.81 bits per heavy atom. The molecule has 0 saturated carbocycles. The smallest absolute Gasteiger partial charge is 0.232 e. The van der Waals surface area contributed by atoms with Crippen LogP contribution < -0.4 is 9.21 Å². The molecule has 0 bridgehead atoms. The second kappa shape index (κ2) is 8.13. The van der Waals surface area contributed by atoms with Crippen LogP contribution >= 0.6 is 0 Å². The first kappa shape index (κ1) is 19.4. The van der Waals surface area contributed by atoms with Crippen molar-refractivity contribution in [1.29, 1.82) is 0 Å². The SMILES string of the molecule is CCc1ccc(N(CCCC(=O)N2CCc3ccccc32)S(C)(=O)=O)cc1. The van der Waals surface area contributed by atoms with Gasteiger partial charge in [0.05, 0.1) is 11.9 Å². The Kier molecular flexibility index (Phi) is 5.85. The number of fused-ring (bicyclic) bond motifs is 1. The van der Waals surface area contributed by atoms with Crippen LogP contribution in [0.5, 0.6) is 0 Å². The predicted molar refractivity (Wildman–Crippen MR) is 110 cm³/mol. The molecule has 0 N–H and O–H groups in total. The Morgan fingerprint density at radius 1 is 1.11 bits per heavy atom. The number of nitrogens with zero attached hydrogens (tertiary/aromatic N) is 2. The monoisotopic (exact) mass is 386 g/mol. The van der Waals surface area contributed by atoms with E-state index in [-0.39, 0.29) is 5.91 Å². The number of hydrogen-bond acceptors (Lipinski definition) is 3. The highest BCUT2D eigenvalue weighted by Crippen LogP contribution is 2.28. The van der Waals surface area contributed by atoms with Gasteiger partial charge in [0.1, 0.15) is 0 Å². The zero-order chi connectivity index (χ0) is 19.4. The zero-order valence-corrected chi connectivity index (χ0v) is 16.7. The van der Waals surface area contributed by atoms with E-state index in [0.717, 1.165) is 24.1 Å². The van der Waals surface area contributed by atoms with E-state index in [1.165, 1.54) is 16.1 Å². The molecule has 2 aromatic carbocycles. The van der Waals surface area contributed by atoms with Gasteiger partial charge < -0.3 is 4.90 Å². The molecule has 27 heavy (non-hydrogen) atoms. The minimum atomic E-state index is -3.39. The maximum Gasteiger partial charge on any atom is 0.232 e. The highest BCUT2D eigenvalue weighted by molar-refractivity contribution is 7.92. The summed E-state index contributed by atoms with van der Waals surface area (Å²) in [5.74, 6) is 0.0507. The lowest BCUT2D eigenvalue weighted by atomic mass is 10.1. The predicted octanol–water partition coefficient (Wildman–Crippen LogP) is 3.38. The molecule has 0 atom stereocenters. The fraction of sp³-hybridized carbons (Fsp3) is 0.381. The van der Waals surface area contributed by atoms with Crippen LogP contribution in [0.25, 0.3) is 0 Å². The van der Waals surface area contributed by atoms with Crippen molar-refractivity contribution < 1.29 is 13.2 Å². The summed E-state index contributed by atoms with van der Waals surface area (Å²) >= 11 is 0. The second-order valence-electron chi connectivity index (χ2n) is 6.88. The maximum atomic E-state index is 12.6. The number of carbonyl (C=O) groups excluding carboxylic acids is 1. The molecule has 1 amide bonds. The number of benzene rings is 2. The molecule has 1 heterocycles. The Morgan fingerprint density at radius 3 is 2.48 bits per heavy atom. The summed E-state index contributed by atoms with van der Waals surface area (Å²) in [4.78, 5) is 14.4. The van der Waals surface area contributed by atoms with E-state index >= 15 is 0 Å². The van der Waals surface area contributed by atoms with Gasteiger partial charge in [-0.1, -0.05) is 37.3 Å². The molecule has 3 rings (SSSR count). The van der Waals surface area contributed by atoms with E-state index in [1.807, 2.05) is 53.4 Å². The minimum absolute atomic E-state index is 0.0507. The number of para-hydroxylation sites is 1. The highest BCUT2D eigenvalue weighted by Gasteiger charge is 2.24. The minimum Gasteiger partial charge on any atom is -0.312 e. The Labute approximate surface area is 161 Å². The normalized spacial score (nSPS) is 13.5. The van der Waals surface area contributed by atoms with Gasteiger partial charge in [0.25, 0.3) is 0 Å². The van der Waals surface area contributed by atoms with Crippen LogP contribution in [0.2, 0.25) is 0 Å². The summed E-state index contributed by atoms with van der Waals surface area (Å²) < 4.78 is 25.8. The van der Waals surface area contributed by atoms with Crippen molar-refractivity contribution in [1.82, 2.24) is 0 Å². The third kappa shape index (κ3) is 4.50. The van der Waals surface area contributed by atoms with Gasteiger partial charge in [-0.25, -0.2) is 8.42 Å². The van der Waals surface area contributed by atoms with Gasteiger partial charge in [0.2, 0.25) is 15.9 Å². The van der Waals surface area contributed by atoms with Crippen molar-refractivity contribution in [2.75, 3.05) is 28.6 Å². The molecule has 0 radical (unpaired) electrons. The number of hydrogen-bond donors (Lipinski definition) is 0. The topological polar surface area (TPSA) is 57.7 Å². The molecular weight excluding hydrogens is 360 g/mol. The largest absolute Gasteiger partial charge is 0.312 e. The van der Waals surface area contributed by atoms with E-state index in [0.29, 0.717) is 31.6 Å². The van der Waals surface area contributed by atoms with Crippen LogP contribution in [0.15, 0.2) is 48.5 Å². The lowest BCUT2D eigenvalue weighted by molar-refractivity contribution is -0.118. The Bertz CT molecular complexity index is 907. The summed E-state index contributed by atoms with van der Waals surface area (Å²) in [6.07, 6.45) is 3.80. The third-order valence-corrected chi connectivity index (χ3v) is 6.17. The van der Waals surface area contributed by atoms with Crippen molar-refractivity contribution in [2.24, 2.45) is 0 Å². The number of rotatable bonds is 7. The fourth-order valence-electron chi connectivity index (χ4n) is 3.49. The average Bonchev–Trinajstić information content (AvgIpc) is 3.08. The van der Waals surface area contributed by atoms with Crippen molar-refractivity contribution in [3.63, 3.8) is 0 Å². The van der Waals surface area contributed by atoms with Gasteiger partial charge >= 0.3 is 0 Å². The molecule has 6 heteroatoms. The molecule has 0 fully saturated rings. The molecule has 2 aromatic rings. The number of aryl methyl sites for hydroxylation is 1. The standard InChI is InChI=1S/C21H26N2O3S/c1-3-17-10-12-19(13-11-17)23(27(2,25)26)15-6-9-21(24)22-16-14-18-7-4-5-8-20(18)22/h4-5,7-8,10-13H,3,6,9,14-16H2,1-2H3. The summed E-state index contributed by atoms with van der Waals surface area (Å²) in [6, 6.07) is 15.5. The van der Waals surface area contributed by atoms with Crippen molar-refractivity contribution in [3.05, 3.63) is 59.7 Å². The molecule has 144 valence electrons. The van der Waals surface area contributed by atoms with Gasteiger partial charge in [0.15, 0.2) is 0 Å². The molecule has 0 saturated heterocycles. The molecular formula is C21H26N2O3S. The Hall–Kier alpha value is -2.34. The first-order valence-corrected chi connectivity index (χ1v) is 11.2. The van der Waals surface area contributed by atoms with E-state index in [2.05, 4.69) is 6.92 Å². The first-order valence-electron chi connectivity index (χ1n) is 9.35. The summed E-state index contributed by atoms with van der Waals surface area (Å²) in [5.41, 5.74) is 3.99. The lowest BCUT2D eigenvalue weighted by Crippen LogP contribution is -2.33. The fourth-order valence-corrected chi connectivity index (χ4v) is 4.46. The highest BCUT2D eigenvalue weighted by atomic mass is 32.2. The van der Waals surface area contributed by atoms with Crippen molar-refractivity contribution in [2.45, 2.75) is 32.6 Å². The van der Waals surface area contributed by atoms with Gasteiger partial charge in [0, 0.05) is 25.2 Å². The quantitative estimate of drug-likeness (QED) is 0.733. The maximum absolute atomic E-state index is 12.6. The van der Waals surface area contributed by atoms with Gasteiger partial charge in [-0.05, 0) is 48.6 Å². The van der Waals surface area contributed by atoms with E-state index in [1.54, 1.807) is 0 Å². The van der Waals surface area contributed by atoms with E-state index in [4.69, 9.17) is 0 Å². The van der Waals surface area contributed by atoms with Gasteiger partial charge in [-0.3, -0.25) is 9.10 Å². The third-order valence-electron chi connectivity index (χ3n) is 4.97. The molecule has 1 aliphatic rings. The van der Waals surface area contributed by atoms with Crippen molar-refractivity contribution >= 4 is 27.3 Å². The molecule has 1 aliphatic heterocycles. The first-order chi connectivity index (χ1) is 12.9. The van der Waals surface area contributed by atoms with Crippen LogP contribution in [-0.4, -0.2) is 33.7 Å². The van der Waals surface area contributed by atoms with Crippen molar-refractivity contribution in [3.8, 4) is 0 Å². The van der Waals surface area contributed by atoms with Crippen LogP contribution in [0.1, 0.15) is 30.9 Å². The van der Waals surface area contributed by atoms with Crippen LogP contribution in [0, 0.1) is 0 Å². The summed E-state index contributed by atoms with van der Waals surface area (Å²) in [7, 11) is -3.39.